The van der Waals surface area contributed by atoms with Gasteiger partial charge in [0.1, 0.15) is 5.37 Å². The molecule has 0 radical (unpaired) electrons. The number of carbonyl (C=O) groups is 1. The Labute approximate surface area is 58.7 Å². The lowest BCUT2D eigenvalue weighted by Gasteiger charge is -1.95. The van der Waals surface area contributed by atoms with Crippen LogP contribution in [-0.4, -0.2) is 16.2 Å². The lowest BCUT2D eigenvalue weighted by Crippen LogP contribution is -1.97. The molecule has 0 aromatic carbocycles. The Bertz CT molecular complexity index is 164. The second kappa shape index (κ2) is 2.52. The second-order valence-electron chi connectivity index (χ2n) is 1.98. The topological polar surface area (TPSA) is 29.4 Å². The zero-order valence-corrected chi connectivity index (χ0v) is 6.36. The molecule has 1 aliphatic heterocycles. The summed E-state index contributed by atoms with van der Waals surface area (Å²) in [6.45, 7) is 3.80. The fraction of sp³-hybridized carbons (Fsp3) is 0.667. The highest BCUT2D eigenvalue weighted by Crippen LogP contribution is 2.23. The van der Waals surface area contributed by atoms with E-state index in [-0.39, 0.29) is 10.5 Å². The summed E-state index contributed by atoms with van der Waals surface area (Å²) in [7, 11) is 0. The summed E-state index contributed by atoms with van der Waals surface area (Å²) >= 11 is 1.33. The van der Waals surface area contributed by atoms with Crippen LogP contribution in [0.3, 0.4) is 0 Å². The molecule has 3 heteroatoms. The highest BCUT2D eigenvalue weighted by molar-refractivity contribution is 8.16. The van der Waals surface area contributed by atoms with E-state index in [0.29, 0.717) is 5.71 Å². The van der Waals surface area contributed by atoms with Gasteiger partial charge in [-0.25, -0.2) is 0 Å². The van der Waals surface area contributed by atoms with Gasteiger partial charge < -0.3 is 0 Å². The van der Waals surface area contributed by atoms with Crippen molar-refractivity contribution < 1.29 is 4.79 Å². The fourth-order valence-corrected chi connectivity index (χ4v) is 1.53. The van der Waals surface area contributed by atoms with Gasteiger partial charge in [-0.3, -0.25) is 9.79 Å². The Kier molecular flexibility index (Phi) is 1.90. The highest BCUT2D eigenvalue weighted by Gasteiger charge is 2.21. The zero-order chi connectivity index (χ0) is 6.85. The molecular weight excluding hydrogens is 134 g/mol. The monoisotopic (exact) mass is 143 g/mol. The standard InChI is InChI=1S/C6H9NOS/c1-3-5-7-4(2)6(8)9-5/h5H,3H2,1-2H3/t5-/m1/s1. The van der Waals surface area contributed by atoms with Crippen LogP contribution in [0.4, 0.5) is 0 Å². The van der Waals surface area contributed by atoms with Gasteiger partial charge in [0.15, 0.2) is 0 Å². The molecule has 0 N–H and O–H groups in total. The average molecular weight is 143 g/mol. The first-order valence-electron chi connectivity index (χ1n) is 2.99. The summed E-state index contributed by atoms with van der Waals surface area (Å²) in [6.07, 6.45) is 0.952. The van der Waals surface area contributed by atoms with Crippen molar-refractivity contribution >= 4 is 22.6 Å². The number of nitrogens with zero attached hydrogens (tertiary/aromatic N) is 1. The number of rotatable bonds is 1. The molecule has 9 heavy (non-hydrogen) atoms. The van der Waals surface area contributed by atoms with E-state index in [1.165, 1.54) is 11.8 Å². The predicted molar refractivity (Wildman–Crippen MR) is 39.8 cm³/mol. The summed E-state index contributed by atoms with van der Waals surface area (Å²) in [6, 6.07) is 0. The first kappa shape index (κ1) is 6.81. The molecule has 0 unspecified atom stereocenters. The minimum atomic E-state index is 0.141. The number of hydrogen-bond acceptors (Lipinski definition) is 3. The van der Waals surface area contributed by atoms with Crippen LogP contribution in [0.5, 0.6) is 0 Å². The molecule has 2 nitrogen and oxygen atoms in total. The van der Waals surface area contributed by atoms with Crippen molar-refractivity contribution in [1.29, 1.82) is 0 Å². The molecule has 0 aromatic rings. The first-order chi connectivity index (χ1) is 4.24. The van der Waals surface area contributed by atoms with Crippen molar-refractivity contribution in [3.8, 4) is 0 Å². The third-order valence-corrected chi connectivity index (χ3v) is 2.45. The molecule has 0 amide bonds. The largest absolute Gasteiger partial charge is 0.280 e. The Morgan fingerprint density at radius 1 is 1.78 bits per heavy atom. The van der Waals surface area contributed by atoms with E-state index in [2.05, 4.69) is 4.99 Å². The molecule has 0 saturated carbocycles. The molecule has 1 atom stereocenters. The van der Waals surface area contributed by atoms with E-state index in [1.54, 1.807) is 6.92 Å². The first-order valence-corrected chi connectivity index (χ1v) is 3.87. The van der Waals surface area contributed by atoms with E-state index in [0.717, 1.165) is 6.42 Å². The highest BCUT2D eigenvalue weighted by atomic mass is 32.2. The van der Waals surface area contributed by atoms with Crippen LogP contribution in [0.2, 0.25) is 0 Å². The number of hydrogen-bond donors (Lipinski definition) is 0. The smallest absolute Gasteiger partial charge is 0.234 e. The summed E-state index contributed by atoms with van der Waals surface area (Å²) in [5, 5.41) is 0.347. The molecule has 0 aromatic heterocycles. The molecule has 50 valence electrons. The minimum absolute atomic E-state index is 0.141. The second-order valence-corrected chi connectivity index (χ2v) is 3.13. The van der Waals surface area contributed by atoms with Gasteiger partial charge in [0.2, 0.25) is 5.12 Å². The van der Waals surface area contributed by atoms with Crippen LogP contribution in [-0.2, 0) is 4.79 Å². The molecule has 1 aliphatic rings. The molecular formula is C6H9NOS. The van der Waals surface area contributed by atoms with Gasteiger partial charge >= 0.3 is 0 Å². The fourth-order valence-electron chi connectivity index (χ4n) is 0.678. The Balaban J connectivity index is 2.62. The van der Waals surface area contributed by atoms with Crippen LogP contribution >= 0.6 is 11.8 Å². The summed E-state index contributed by atoms with van der Waals surface area (Å²) < 4.78 is 0. The van der Waals surface area contributed by atoms with Crippen LogP contribution in [0.1, 0.15) is 20.3 Å². The lowest BCUT2D eigenvalue weighted by molar-refractivity contribution is -0.105. The van der Waals surface area contributed by atoms with Gasteiger partial charge in [0, 0.05) is 0 Å². The maximum atomic E-state index is 10.8. The Morgan fingerprint density at radius 3 is 2.67 bits per heavy atom. The van der Waals surface area contributed by atoms with E-state index in [1.807, 2.05) is 6.92 Å². The minimum Gasteiger partial charge on any atom is -0.280 e. The van der Waals surface area contributed by atoms with E-state index >= 15 is 0 Å². The maximum Gasteiger partial charge on any atom is 0.234 e. The van der Waals surface area contributed by atoms with Gasteiger partial charge in [-0.15, -0.1) is 0 Å². The van der Waals surface area contributed by atoms with Crippen LogP contribution in [0.25, 0.3) is 0 Å². The van der Waals surface area contributed by atoms with Crippen LogP contribution in [0.15, 0.2) is 4.99 Å². The number of aliphatic imine (C=N–C) groups is 1. The van der Waals surface area contributed by atoms with Crippen molar-refractivity contribution in [2.75, 3.05) is 0 Å². The molecule has 0 saturated heterocycles. The quantitative estimate of drug-likeness (QED) is 0.556. The summed E-state index contributed by atoms with van der Waals surface area (Å²) in [4.78, 5) is 14.9. The summed E-state index contributed by atoms with van der Waals surface area (Å²) in [5.74, 6) is 0. The number of carbonyl (C=O) groups excluding carboxylic acids is 1. The van der Waals surface area contributed by atoms with Crippen LogP contribution in [0, 0.1) is 0 Å². The van der Waals surface area contributed by atoms with Crippen molar-refractivity contribution in [3.05, 3.63) is 0 Å². The van der Waals surface area contributed by atoms with Gasteiger partial charge in [0.25, 0.3) is 0 Å². The maximum absolute atomic E-state index is 10.8. The average Bonchev–Trinajstić information content (AvgIpc) is 2.13. The number of thioether (sulfide) groups is 1. The third kappa shape index (κ3) is 1.33. The molecule has 0 fully saturated rings. The van der Waals surface area contributed by atoms with Crippen molar-refractivity contribution in [3.63, 3.8) is 0 Å². The predicted octanol–water partition coefficient (Wildman–Crippen LogP) is 1.46. The van der Waals surface area contributed by atoms with Gasteiger partial charge in [0.05, 0.1) is 5.71 Å². The zero-order valence-electron chi connectivity index (χ0n) is 5.55. The van der Waals surface area contributed by atoms with Crippen LogP contribution < -0.4 is 0 Å². The molecule has 1 heterocycles. The third-order valence-electron chi connectivity index (χ3n) is 1.23. The normalized spacial score (nSPS) is 26.7. The van der Waals surface area contributed by atoms with E-state index < -0.39 is 0 Å². The van der Waals surface area contributed by atoms with Gasteiger partial charge in [-0.2, -0.15) is 0 Å². The molecule has 0 bridgehead atoms. The van der Waals surface area contributed by atoms with Crippen molar-refractivity contribution in [1.82, 2.24) is 0 Å². The SMILES string of the molecule is CC[C@@H]1N=C(C)C(=O)S1. The van der Waals surface area contributed by atoms with Crippen molar-refractivity contribution in [2.24, 2.45) is 4.99 Å². The summed E-state index contributed by atoms with van der Waals surface area (Å²) in [5.41, 5.74) is 0.673. The van der Waals surface area contributed by atoms with E-state index in [4.69, 9.17) is 0 Å². The molecule has 1 rings (SSSR count). The van der Waals surface area contributed by atoms with Gasteiger partial charge in [-0.05, 0) is 13.3 Å². The molecule has 0 aliphatic carbocycles. The lowest BCUT2D eigenvalue weighted by atomic mass is 10.4. The Hall–Kier alpha value is -0.310. The van der Waals surface area contributed by atoms with Gasteiger partial charge in [-0.1, -0.05) is 18.7 Å². The Morgan fingerprint density at radius 2 is 2.44 bits per heavy atom. The molecule has 0 spiro atoms. The van der Waals surface area contributed by atoms with E-state index in [9.17, 15) is 4.79 Å². The van der Waals surface area contributed by atoms with Crippen molar-refractivity contribution in [2.45, 2.75) is 25.6 Å².